The zero-order valence-corrected chi connectivity index (χ0v) is 11.4. The number of aryl methyl sites for hydroxylation is 2. The van der Waals surface area contributed by atoms with Gasteiger partial charge in [0, 0.05) is 6.20 Å². The molecule has 0 spiro atoms. The van der Waals surface area contributed by atoms with E-state index in [1.165, 1.54) is 0 Å². The van der Waals surface area contributed by atoms with E-state index in [2.05, 4.69) is 0 Å². The third kappa shape index (κ3) is 2.43. The topological polar surface area (TPSA) is 45.8 Å². The molecule has 0 aliphatic heterocycles. The molecule has 19 heavy (non-hydrogen) atoms. The van der Waals surface area contributed by atoms with Gasteiger partial charge in [-0.25, -0.2) is 0 Å². The van der Waals surface area contributed by atoms with Crippen molar-refractivity contribution in [3.8, 4) is 6.07 Å². The molecule has 1 aromatic carbocycles. The van der Waals surface area contributed by atoms with Crippen LogP contribution in [-0.2, 0) is 6.54 Å². The lowest BCUT2D eigenvalue weighted by Crippen LogP contribution is -2.24. The molecular formula is C16H16N2O. The minimum atomic E-state index is -0.214. The van der Waals surface area contributed by atoms with Crippen LogP contribution in [0.15, 0.2) is 35.3 Å². The Morgan fingerprint density at radius 3 is 2.47 bits per heavy atom. The largest absolute Gasteiger partial charge is 0.310 e. The van der Waals surface area contributed by atoms with Gasteiger partial charge in [0.25, 0.3) is 5.56 Å². The molecule has 0 bridgehead atoms. The van der Waals surface area contributed by atoms with Gasteiger partial charge >= 0.3 is 0 Å². The molecule has 0 amide bonds. The second-order valence-corrected chi connectivity index (χ2v) is 4.78. The predicted octanol–water partition coefficient (Wildman–Crippen LogP) is 2.69. The maximum absolute atomic E-state index is 12.2. The van der Waals surface area contributed by atoms with Gasteiger partial charge in [0.2, 0.25) is 0 Å². The summed E-state index contributed by atoms with van der Waals surface area (Å²) in [5.74, 6) is 0. The summed E-state index contributed by atoms with van der Waals surface area (Å²) >= 11 is 0. The van der Waals surface area contributed by atoms with Gasteiger partial charge in [0.05, 0.1) is 6.54 Å². The third-order valence-electron chi connectivity index (χ3n) is 3.50. The van der Waals surface area contributed by atoms with Crippen LogP contribution < -0.4 is 5.56 Å². The lowest BCUT2D eigenvalue weighted by atomic mass is 10.1. The van der Waals surface area contributed by atoms with Crippen molar-refractivity contribution >= 4 is 0 Å². The van der Waals surface area contributed by atoms with Crippen molar-refractivity contribution in [3.63, 3.8) is 0 Å². The number of hydrogen-bond donors (Lipinski definition) is 0. The molecule has 1 aromatic heterocycles. The van der Waals surface area contributed by atoms with E-state index in [4.69, 9.17) is 5.26 Å². The molecule has 0 aliphatic rings. The zero-order valence-electron chi connectivity index (χ0n) is 11.4. The first-order valence-electron chi connectivity index (χ1n) is 6.20. The van der Waals surface area contributed by atoms with Crippen molar-refractivity contribution in [3.05, 3.63) is 68.6 Å². The van der Waals surface area contributed by atoms with Crippen molar-refractivity contribution in [1.29, 1.82) is 5.26 Å². The van der Waals surface area contributed by atoms with Crippen molar-refractivity contribution < 1.29 is 0 Å². The summed E-state index contributed by atoms with van der Waals surface area (Å²) in [6.07, 6.45) is 1.82. The molecule has 96 valence electrons. The normalized spacial score (nSPS) is 10.2. The Labute approximate surface area is 112 Å². The van der Waals surface area contributed by atoms with Crippen molar-refractivity contribution in [2.75, 3.05) is 0 Å². The summed E-state index contributed by atoms with van der Waals surface area (Å²) in [6.45, 7) is 6.26. The van der Waals surface area contributed by atoms with Crippen LogP contribution in [0.3, 0.4) is 0 Å². The highest BCUT2D eigenvalue weighted by molar-refractivity contribution is 5.39. The molecule has 0 fully saturated rings. The van der Waals surface area contributed by atoms with E-state index in [-0.39, 0.29) is 11.1 Å². The molecule has 0 saturated carbocycles. The van der Waals surface area contributed by atoms with E-state index >= 15 is 0 Å². The minimum absolute atomic E-state index is 0.214. The molecule has 0 unspecified atom stereocenters. The molecule has 0 saturated heterocycles. The lowest BCUT2D eigenvalue weighted by Gasteiger charge is -2.12. The fraction of sp³-hybridized carbons (Fsp3) is 0.250. The smallest absolute Gasteiger partial charge is 0.269 e. The van der Waals surface area contributed by atoms with Crippen molar-refractivity contribution in [2.45, 2.75) is 27.3 Å². The summed E-state index contributed by atoms with van der Waals surface area (Å²) in [5, 5.41) is 9.11. The first-order chi connectivity index (χ1) is 9.04. The number of aromatic nitrogens is 1. The standard InChI is InChI=1S/C16H16N2O/c1-11-6-4-5-7-14(11)10-18-9-12(2)13(3)15(8-17)16(18)19/h4-7,9H,10H2,1-3H3. The quantitative estimate of drug-likeness (QED) is 0.825. The summed E-state index contributed by atoms with van der Waals surface area (Å²) in [4.78, 5) is 12.2. The van der Waals surface area contributed by atoms with Gasteiger partial charge in [0.1, 0.15) is 11.6 Å². The van der Waals surface area contributed by atoms with E-state index in [1.807, 2.05) is 57.3 Å². The van der Waals surface area contributed by atoms with Crippen LogP contribution in [0.1, 0.15) is 27.8 Å². The molecule has 2 aromatic rings. The fourth-order valence-corrected chi connectivity index (χ4v) is 2.11. The number of benzene rings is 1. The average Bonchev–Trinajstić information content (AvgIpc) is 2.39. The predicted molar refractivity (Wildman–Crippen MR) is 75.2 cm³/mol. The van der Waals surface area contributed by atoms with Crippen LogP contribution in [0.4, 0.5) is 0 Å². The van der Waals surface area contributed by atoms with Gasteiger partial charge in [-0.1, -0.05) is 24.3 Å². The van der Waals surface area contributed by atoms with Crippen LogP contribution in [0.2, 0.25) is 0 Å². The van der Waals surface area contributed by atoms with Gasteiger partial charge in [-0.15, -0.1) is 0 Å². The first kappa shape index (κ1) is 13.1. The average molecular weight is 252 g/mol. The molecule has 3 nitrogen and oxygen atoms in total. The number of pyridine rings is 1. The van der Waals surface area contributed by atoms with Crippen LogP contribution in [-0.4, -0.2) is 4.57 Å². The lowest BCUT2D eigenvalue weighted by molar-refractivity contribution is 0.744. The van der Waals surface area contributed by atoms with Crippen molar-refractivity contribution in [2.24, 2.45) is 0 Å². The fourth-order valence-electron chi connectivity index (χ4n) is 2.11. The number of nitriles is 1. The number of rotatable bonds is 2. The van der Waals surface area contributed by atoms with Gasteiger partial charge in [-0.05, 0) is 43.0 Å². The van der Waals surface area contributed by atoms with Crippen molar-refractivity contribution in [1.82, 2.24) is 4.57 Å². The minimum Gasteiger partial charge on any atom is -0.310 e. The van der Waals surface area contributed by atoms with Gasteiger partial charge in [0.15, 0.2) is 0 Å². The molecule has 0 atom stereocenters. The zero-order chi connectivity index (χ0) is 14.0. The molecule has 3 heteroatoms. The van der Waals surface area contributed by atoms with Crippen LogP contribution >= 0.6 is 0 Å². The van der Waals surface area contributed by atoms with E-state index in [9.17, 15) is 4.79 Å². The highest BCUT2D eigenvalue weighted by Gasteiger charge is 2.10. The van der Waals surface area contributed by atoms with Crippen LogP contribution in [0.5, 0.6) is 0 Å². The van der Waals surface area contributed by atoms with E-state index in [1.54, 1.807) is 4.57 Å². The highest BCUT2D eigenvalue weighted by atomic mass is 16.1. The number of hydrogen-bond acceptors (Lipinski definition) is 2. The summed E-state index contributed by atoms with van der Waals surface area (Å²) in [5.41, 5.74) is 4.00. The molecule has 0 radical (unpaired) electrons. The van der Waals surface area contributed by atoms with Crippen LogP contribution in [0.25, 0.3) is 0 Å². The maximum Gasteiger partial charge on any atom is 0.269 e. The SMILES string of the molecule is Cc1ccccc1Cn1cc(C)c(C)c(C#N)c1=O. The Balaban J connectivity index is 2.54. The summed E-state index contributed by atoms with van der Waals surface area (Å²) < 4.78 is 1.61. The Morgan fingerprint density at radius 1 is 1.16 bits per heavy atom. The van der Waals surface area contributed by atoms with E-state index < -0.39 is 0 Å². The van der Waals surface area contributed by atoms with Gasteiger partial charge in [-0.3, -0.25) is 4.79 Å². The third-order valence-corrected chi connectivity index (χ3v) is 3.50. The Bertz CT molecular complexity index is 721. The maximum atomic E-state index is 12.2. The Hall–Kier alpha value is -2.34. The van der Waals surface area contributed by atoms with E-state index in [0.29, 0.717) is 6.54 Å². The first-order valence-corrected chi connectivity index (χ1v) is 6.20. The molecule has 0 aliphatic carbocycles. The monoisotopic (exact) mass is 252 g/mol. The van der Waals surface area contributed by atoms with Gasteiger partial charge in [-0.2, -0.15) is 5.26 Å². The van der Waals surface area contributed by atoms with Gasteiger partial charge < -0.3 is 4.57 Å². The molecule has 2 rings (SSSR count). The second-order valence-electron chi connectivity index (χ2n) is 4.78. The molecule has 0 N–H and O–H groups in total. The second kappa shape index (κ2) is 5.11. The molecular weight excluding hydrogens is 236 g/mol. The summed E-state index contributed by atoms with van der Waals surface area (Å²) in [7, 11) is 0. The molecule has 1 heterocycles. The summed E-state index contributed by atoms with van der Waals surface area (Å²) in [6, 6.07) is 9.97. The Kier molecular flexibility index (Phi) is 3.52. The number of nitrogens with zero attached hydrogens (tertiary/aromatic N) is 2. The van der Waals surface area contributed by atoms with Crippen LogP contribution in [0, 0.1) is 32.1 Å². The van der Waals surface area contributed by atoms with E-state index in [0.717, 1.165) is 22.3 Å². The highest BCUT2D eigenvalue weighted by Crippen LogP contribution is 2.11. The Morgan fingerprint density at radius 2 is 1.84 bits per heavy atom.